The van der Waals surface area contributed by atoms with E-state index in [1.807, 2.05) is 24.3 Å². The fourth-order valence-corrected chi connectivity index (χ4v) is 4.39. The van der Waals surface area contributed by atoms with Crippen molar-refractivity contribution in [1.82, 2.24) is 20.5 Å². The van der Waals surface area contributed by atoms with Gasteiger partial charge in [0.2, 0.25) is 5.91 Å². The van der Waals surface area contributed by atoms with E-state index in [2.05, 4.69) is 25.8 Å². The Balaban J connectivity index is 1.46. The zero-order valence-corrected chi connectivity index (χ0v) is 18.5. The Hall–Kier alpha value is -3.13. The molecule has 0 unspecified atom stereocenters. The predicted octanol–water partition coefficient (Wildman–Crippen LogP) is 4.64. The van der Waals surface area contributed by atoms with Gasteiger partial charge in [-0.2, -0.15) is 5.10 Å². The topological polar surface area (TPSA) is 91.9 Å². The number of hydrogen-bond donors (Lipinski definition) is 3. The van der Waals surface area contributed by atoms with Gasteiger partial charge < -0.3 is 15.4 Å². The number of carbonyl (C=O) groups excluding carboxylic acids is 1. The quantitative estimate of drug-likeness (QED) is 0.480. The van der Waals surface area contributed by atoms with Crippen molar-refractivity contribution in [1.29, 1.82) is 0 Å². The molecule has 0 bridgehead atoms. The Morgan fingerprint density at radius 1 is 1.22 bits per heavy atom. The van der Waals surface area contributed by atoms with Gasteiger partial charge in [-0.3, -0.25) is 9.89 Å². The molecule has 0 spiro atoms. The highest BCUT2D eigenvalue weighted by molar-refractivity contribution is 6.30. The number of rotatable bonds is 7. The molecule has 1 aliphatic carbocycles. The van der Waals surface area contributed by atoms with E-state index >= 15 is 0 Å². The monoisotopic (exact) mass is 457 g/mol. The number of nitrogens with zero attached hydrogens (tertiary/aromatic N) is 2. The van der Waals surface area contributed by atoms with E-state index in [1.54, 1.807) is 25.4 Å². The highest BCUT2D eigenvalue weighted by Gasteiger charge is 2.42. The van der Waals surface area contributed by atoms with Gasteiger partial charge in [0.25, 0.3) is 0 Å². The van der Waals surface area contributed by atoms with Gasteiger partial charge in [0.1, 0.15) is 5.82 Å². The molecule has 1 amide bonds. The van der Waals surface area contributed by atoms with Crippen LogP contribution in [-0.2, 0) is 11.2 Å². The number of amides is 1. The third kappa shape index (κ3) is 4.85. The lowest BCUT2D eigenvalue weighted by atomic mass is 9.69. The molecule has 1 aromatic carbocycles. The van der Waals surface area contributed by atoms with Gasteiger partial charge >= 0.3 is 0 Å². The number of benzene rings is 1. The number of carbonyl (C=O) groups is 1. The van der Waals surface area contributed by atoms with Crippen molar-refractivity contribution in [2.75, 3.05) is 12.4 Å². The van der Waals surface area contributed by atoms with Crippen LogP contribution in [0.4, 0.5) is 16.0 Å². The Morgan fingerprint density at radius 2 is 2.00 bits per heavy atom. The number of ether oxygens (including phenoxy) is 1. The minimum Gasteiger partial charge on any atom is -0.487 e. The van der Waals surface area contributed by atoms with Crippen molar-refractivity contribution in [2.45, 2.75) is 38.2 Å². The summed E-state index contributed by atoms with van der Waals surface area (Å²) >= 11 is 5.86. The maximum Gasteiger partial charge on any atom is 0.226 e. The standard InChI is InChI=1S/C23H25ClFN5O2/c1-26-22(31)23(14-15-4-2-7-19(28-15)29-20-10-13-27-30-20)11-8-16(9-12-23)32-18-6-3-5-17(24)21(18)25/h2-7,10,13,16H,8-9,11-12,14H2,1H3,(H,26,31)(H2,27,28,29,30). The highest BCUT2D eigenvalue weighted by Crippen LogP contribution is 2.41. The molecule has 168 valence electrons. The van der Waals surface area contributed by atoms with E-state index in [0.717, 1.165) is 5.69 Å². The maximum absolute atomic E-state index is 14.2. The molecule has 32 heavy (non-hydrogen) atoms. The first-order chi connectivity index (χ1) is 15.5. The summed E-state index contributed by atoms with van der Waals surface area (Å²) in [5, 5.41) is 12.8. The molecule has 4 rings (SSSR count). The lowest BCUT2D eigenvalue weighted by molar-refractivity contribution is -0.133. The normalized spacial score (nSPS) is 20.5. The number of pyridine rings is 1. The molecule has 1 aliphatic rings. The number of H-pyrrole nitrogens is 1. The van der Waals surface area contributed by atoms with Gasteiger partial charge in [-0.1, -0.05) is 23.7 Å². The van der Waals surface area contributed by atoms with Gasteiger partial charge in [0, 0.05) is 31.4 Å². The molecule has 7 nitrogen and oxygen atoms in total. The number of aromatic amines is 1. The largest absolute Gasteiger partial charge is 0.487 e. The van der Waals surface area contributed by atoms with Crippen LogP contribution in [0.1, 0.15) is 31.4 Å². The second kappa shape index (κ2) is 9.56. The van der Waals surface area contributed by atoms with Crippen LogP contribution < -0.4 is 15.4 Å². The minimum absolute atomic E-state index is 0.0163. The first-order valence-electron chi connectivity index (χ1n) is 10.5. The van der Waals surface area contributed by atoms with Crippen molar-refractivity contribution in [2.24, 2.45) is 5.41 Å². The zero-order valence-electron chi connectivity index (χ0n) is 17.7. The van der Waals surface area contributed by atoms with Crippen LogP contribution in [0.5, 0.6) is 5.75 Å². The SMILES string of the molecule is CNC(=O)C1(Cc2cccc(Nc3cc[nH]n3)n2)CCC(Oc2cccc(Cl)c2F)CC1. The summed E-state index contributed by atoms with van der Waals surface area (Å²) < 4.78 is 20.1. The molecule has 0 atom stereocenters. The third-order valence-corrected chi connectivity index (χ3v) is 6.18. The molecule has 2 aromatic heterocycles. The Kier molecular flexibility index (Phi) is 6.60. The van der Waals surface area contributed by atoms with Crippen molar-refractivity contribution in [3.05, 3.63) is 65.2 Å². The fraction of sp³-hybridized carbons (Fsp3) is 0.348. The highest BCUT2D eigenvalue weighted by atomic mass is 35.5. The summed E-state index contributed by atoms with van der Waals surface area (Å²) in [6.07, 6.45) is 4.52. The molecule has 0 aliphatic heterocycles. The predicted molar refractivity (Wildman–Crippen MR) is 121 cm³/mol. The van der Waals surface area contributed by atoms with Crippen LogP contribution in [0.25, 0.3) is 0 Å². The van der Waals surface area contributed by atoms with Crippen molar-refractivity contribution in [3.63, 3.8) is 0 Å². The maximum atomic E-state index is 14.2. The van der Waals surface area contributed by atoms with E-state index in [1.165, 1.54) is 6.07 Å². The van der Waals surface area contributed by atoms with E-state index in [0.29, 0.717) is 43.7 Å². The van der Waals surface area contributed by atoms with Gasteiger partial charge in [-0.25, -0.2) is 9.37 Å². The van der Waals surface area contributed by atoms with Crippen molar-refractivity contribution in [3.8, 4) is 5.75 Å². The molecule has 9 heteroatoms. The molecular formula is C23H25ClFN5O2. The summed E-state index contributed by atoms with van der Waals surface area (Å²) in [4.78, 5) is 17.6. The Labute approximate surface area is 190 Å². The average Bonchev–Trinajstić information content (AvgIpc) is 3.31. The third-order valence-electron chi connectivity index (χ3n) is 5.89. The van der Waals surface area contributed by atoms with Crippen LogP contribution in [0.2, 0.25) is 5.02 Å². The van der Waals surface area contributed by atoms with Gasteiger partial charge in [-0.15, -0.1) is 0 Å². The molecule has 2 heterocycles. The lowest BCUT2D eigenvalue weighted by Gasteiger charge is -2.38. The Bertz CT molecular complexity index is 1070. The lowest BCUT2D eigenvalue weighted by Crippen LogP contribution is -2.45. The van der Waals surface area contributed by atoms with E-state index in [-0.39, 0.29) is 22.8 Å². The van der Waals surface area contributed by atoms with Crippen LogP contribution in [0.15, 0.2) is 48.7 Å². The summed E-state index contributed by atoms with van der Waals surface area (Å²) in [5.41, 5.74) is 0.216. The Morgan fingerprint density at radius 3 is 2.72 bits per heavy atom. The molecule has 1 saturated carbocycles. The zero-order chi connectivity index (χ0) is 22.6. The molecule has 0 saturated heterocycles. The summed E-state index contributed by atoms with van der Waals surface area (Å²) in [6, 6.07) is 12.2. The molecule has 3 N–H and O–H groups in total. The molecule has 0 radical (unpaired) electrons. The number of hydrogen-bond acceptors (Lipinski definition) is 5. The van der Waals surface area contributed by atoms with Crippen LogP contribution in [0.3, 0.4) is 0 Å². The molecule has 3 aromatic rings. The number of aromatic nitrogens is 3. The van der Waals surface area contributed by atoms with E-state index in [9.17, 15) is 9.18 Å². The summed E-state index contributed by atoms with van der Waals surface area (Å²) in [6.45, 7) is 0. The van der Waals surface area contributed by atoms with E-state index in [4.69, 9.17) is 16.3 Å². The summed E-state index contributed by atoms with van der Waals surface area (Å²) in [7, 11) is 1.65. The smallest absolute Gasteiger partial charge is 0.226 e. The number of nitrogens with one attached hydrogen (secondary N) is 3. The number of anilines is 2. The second-order valence-corrected chi connectivity index (χ2v) is 8.41. The molecule has 1 fully saturated rings. The minimum atomic E-state index is -0.598. The van der Waals surface area contributed by atoms with Gasteiger partial charge in [0.05, 0.1) is 16.5 Å². The van der Waals surface area contributed by atoms with Crippen LogP contribution >= 0.6 is 11.6 Å². The molecular weight excluding hydrogens is 433 g/mol. The number of halogens is 2. The van der Waals surface area contributed by atoms with Crippen molar-refractivity contribution >= 4 is 29.1 Å². The van der Waals surface area contributed by atoms with Gasteiger partial charge in [-0.05, 0) is 49.9 Å². The van der Waals surface area contributed by atoms with Crippen molar-refractivity contribution < 1.29 is 13.9 Å². The van der Waals surface area contributed by atoms with E-state index < -0.39 is 11.2 Å². The summed E-state index contributed by atoms with van der Waals surface area (Å²) in [5.74, 6) is 0.908. The average molecular weight is 458 g/mol. The second-order valence-electron chi connectivity index (χ2n) is 8.00. The van der Waals surface area contributed by atoms with Crippen LogP contribution in [-0.4, -0.2) is 34.2 Å². The van der Waals surface area contributed by atoms with Gasteiger partial charge in [0.15, 0.2) is 17.4 Å². The first kappa shape index (κ1) is 22.1. The first-order valence-corrected chi connectivity index (χ1v) is 10.9. The van der Waals surface area contributed by atoms with Crippen LogP contribution in [0, 0.1) is 11.2 Å². The fourth-order valence-electron chi connectivity index (χ4n) is 4.22.